The second-order valence-corrected chi connectivity index (χ2v) is 6.46. The van der Waals surface area contributed by atoms with Crippen LogP contribution in [0.4, 0.5) is 5.82 Å². The fourth-order valence-electron chi connectivity index (χ4n) is 3.03. The minimum Gasteiger partial charge on any atom is -0.459 e. The van der Waals surface area contributed by atoms with Crippen LogP contribution in [0.15, 0.2) is 54.7 Å². The summed E-state index contributed by atoms with van der Waals surface area (Å²) < 4.78 is 6.95. The zero-order valence-electron chi connectivity index (χ0n) is 19.7. The van der Waals surface area contributed by atoms with E-state index in [4.69, 9.17) is 15.5 Å². The van der Waals surface area contributed by atoms with Crippen molar-refractivity contribution in [3.63, 3.8) is 0 Å². The molecule has 3 N–H and O–H groups in total. The standard InChI is InChI=1S/C21H19N5O3.2C2H6/c1-13(28)29-12-15-6-9-18-21(24-15)26(16-7-4-14(11-27)5-8-16)20(25-18)17-3-2-10-23-19(17)22;2*1-2/h2-10,27H,11-12H2,1H3,(H2,22,23);2*1-2H3. The number of nitrogens with zero attached hydrogens (tertiary/aromatic N) is 4. The van der Waals surface area contributed by atoms with Gasteiger partial charge in [-0.2, -0.15) is 0 Å². The smallest absolute Gasteiger partial charge is 0.303 e. The topological polar surface area (TPSA) is 116 Å². The first-order valence-electron chi connectivity index (χ1n) is 11.0. The molecule has 33 heavy (non-hydrogen) atoms. The highest BCUT2D eigenvalue weighted by Gasteiger charge is 2.18. The molecule has 0 spiro atoms. The van der Waals surface area contributed by atoms with Crippen molar-refractivity contribution in [2.24, 2.45) is 0 Å². The summed E-state index contributed by atoms with van der Waals surface area (Å²) in [6.45, 7) is 9.39. The lowest BCUT2D eigenvalue weighted by Gasteiger charge is -2.11. The quantitative estimate of drug-likeness (QED) is 0.425. The number of aliphatic hydroxyl groups is 1. The summed E-state index contributed by atoms with van der Waals surface area (Å²) in [4.78, 5) is 24.7. The molecule has 0 radical (unpaired) electrons. The Labute approximate surface area is 194 Å². The number of ether oxygens (including phenoxy) is 1. The van der Waals surface area contributed by atoms with Gasteiger partial charge in [-0.15, -0.1) is 0 Å². The molecular formula is C25H31N5O3. The minimum atomic E-state index is -0.371. The Bertz CT molecular complexity index is 1190. The zero-order valence-corrected chi connectivity index (χ0v) is 19.7. The lowest BCUT2D eigenvalue weighted by molar-refractivity contribution is -0.142. The number of imidazole rings is 1. The van der Waals surface area contributed by atoms with Gasteiger partial charge in [-0.05, 0) is 42.0 Å². The number of anilines is 1. The average molecular weight is 450 g/mol. The van der Waals surface area contributed by atoms with Crippen molar-refractivity contribution < 1.29 is 14.6 Å². The van der Waals surface area contributed by atoms with E-state index in [0.717, 1.165) is 11.3 Å². The van der Waals surface area contributed by atoms with Crippen molar-refractivity contribution in [1.29, 1.82) is 0 Å². The normalized spacial score (nSPS) is 10.0. The summed E-state index contributed by atoms with van der Waals surface area (Å²) in [5.74, 6) is 0.583. The fraction of sp³-hybridized carbons (Fsp3) is 0.280. The number of carbonyl (C=O) groups excluding carboxylic acids is 1. The van der Waals surface area contributed by atoms with Crippen molar-refractivity contribution in [2.45, 2.75) is 47.8 Å². The van der Waals surface area contributed by atoms with Crippen LogP contribution in [0, 0.1) is 0 Å². The van der Waals surface area contributed by atoms with Crippen LogP contribution >= 0.6 is 0 Å². The first-order chi connectivity index (χ1) is 16.1. The zero-order chi connectivity index (χ0) is 24.4. The Morgan fingerprint density at radius 1 is 1.03 bits per heavy atom. The molecule has 0 aliphatic heterocycles. The third-order valence-corrected chi connectivity index (χ3v) is 4.44. The van der Waals surface area contributed by atoms with Crippen molar-refractivity contribution in [2.75, 3.05) is 5.73 Å². The van der Waals surface area contributed by atoms with E-state index in [1.165, 1.54) is 6.92 Å². The van der Waals surface area contributed by atoms with Crippen molar-refractivity contribution >= 4 is 23.0 Å². The molecule has 0 unspecified atom stereocenters. The molecule has 0 fully saturated rings. The van der Waals surface area contributed by atoms with Gasteiger partial charge in [0.05, 0.1) is 17.9 Å². The molecule has 4 aromatic rings. The number of nitrogen functional groups attached to an aromatic ring is 1. The van der Waals surface area contributed by atoms with Gasteiger partial charge in [0.15, 0.2) is 11.5 Å². The second-order valence-electron chi connectivity index (χ2n) is 6.46. The number of esters is 1. The van der Waals surface area contributed by atoms with E-state index in [0.29, 0.717) is 34.1 Å². The lowest BCUT2D eigenvalue weighted by Crippen LogP contribution is -2.04. The van der Waals surface area contributed by atoms with Crippen LogP contribution in [0.3, 0.4) is 0 Å². The molecule has 4 rings (SSSR count). The van der Waals surface area contributed by atoms with Gasteiger partial charge in [0.25, 0.3) is 0 Å². The van der Waals surface area contributed by atoms with E-state index in [1.54, 1.807) is 18.3 Å². The first kappa shape index (κ1) is 25.5. The van der Waals surface area contributed by atoms with Crippen molar-refractivity contribution in [3.05, 3.63) is 66.0 Å². The molecule has 0 saturated heterocycles. The van der Waals surface area contributed by atoms with Gasteiger partial charge < -0.3 is 15.6 Å². The maximum absolute atomic E-state index is 11.1. The number of hydrogen-bond acceptors (Lipinski definition) is 7. The minimum absolute atomic E-state index is 0.0435. The lowest BCUT2D eigenvalue weighted by atomic mass is 10.2. The van der Waals surface area contributed by atoms with Gasteiger partial charge >= 0.3 is 5.97 Å². The number of carbonyl (C=O) groups is 1. The summed E-state index contributed by atoms with van der Waals surface area (Å²) in [7, 11) is 0. The molecule has 3 aromatic heterocycles. The summed E-state index contributed by atoms with van der Waals surface area (Å²) in [5, 5.41) is 9.34. The Kier molecular flexibility index (Phi) is 9.50. The van der Waals surface area contributed by atoms with Gasteiger partial charge in [0.2, 0.25) is 0 Å². The van der Waals surface area contributed by atoms with E-state index >= 15 is 0 Å². The number of fused-ring (bicyclic) bond motifs is 1. The average Bonchev–Trinajstić information content (AvgIpc) is 3.24. The molecule has 0 atom stereocenters. The van der Waals surface area contributed by atoms with Gasteiger partial charge in [0.1, 0.15) is 17.9 Å². The van der Waals surface area contributed by atoms with E-state index in [2.05, 4.69) is 9.97 Å². The Hall–Kier alpha value is -3.78. The van der Waals surface area contributed by atoms with E-state index in [1.807, 2.05) is 68.7 Å². The van der Waals surface area contributed by atoms with E-state index in [9.17, 15) is 9.90 Å². The molecule has 0 amide bonds. The van der Waals surface area contributed by atoms with Crippen LogP contribution in [-0.4, -0.2) is 30.6 Å². The highest BCUT2D eigenvalue weighted by atomic mass is 16.5. The third-order valence-electron chi connectivity index (χ3n) is 4.44. The molecule has 3 heterocycles. The van der Waals surface area contributed by atoms with Crippen LogP contribution in [0.5, 0.6) is 0 Å². The SMILES string of the molecule is CC.CC.CC(=O)OCc1ccc2nc(-c3cccnc3N)n(-c3ccc(CO)cc3)c2n1. The first-order valence-corrected chi connectivity index (χ1v) is 11.0. The van der Waals surface area contributed by atoms with Gasteiger partial charge in [-0.3, -0.25) is 9.36 Å². The molecule has 8 heteroatoms. The molecule has 0 bridgehead atoms. The maximum atomic E-state index is 11.1. The second kappa shape index (κ2) is 12.3. The molecular weight excluding hydrogens is 418 g/mol. The Morgan fingerprint density at radius 3 is 2.33 bits per heavy atom. The monoisotopic (exact) mass is 449 g/mol. The van der Waals surface area contributed by atoms with E-state index in [-0.39, 0.29) is 19.2 Å². The highest BCUT2D eigenvalue weighted by molar-refractivity contribution is 5.82. The molecule has 8 nitrogen and oxygen atoms in total. The predicted octanol–water partition coefficient (Wildman–Crippen LogP) is 4.67. The summed E-state index contributed by atoms with van der Waals surface area (Å²) in [5.41, 5.74) is 10.3. The molecule has 0 saturated carbocycles. The number of nitrogens with two attached hydrogens (primary N) is 1. The third kappa shape index (κ3) is 5.93. The van der Waals surface area contributed by atoms with Crippen LogP contribution in [-0.2, 0) is 22.7 Å². The molecule has 174 valence electrons. The number of rotatable bonds is 5. The van der Waals surface area contributed by atoms with E-state index < -0.39 is 0 Å². The van der Waals surface area contributed by atoms with Gasteiger partial charge in [-0.25, -0.2) is 15.0 Å². The van der Waals surface area contributed by atoms with Gasteiger partial charge in [-0.1, -0.05) is 39.8 Å². The van der Waals surface area contributed by atoms with Crippen LogP contribution in [0.1, 0.15) is 45.9 Å². The summed E-state index contributed by atoms with van der Waals surface area (Å²) in [6.07, 6.45) is 1.62. The summed E-state index contributed by atoms with van der Waals surface area (Å²) >= 11 is 0. The number of aliphatic hydroxyl groups excluding tert-OH is 1. The fourth-order valence-corrected chi connectivity index (χ4v) is 3.03. The maximum Gasteiger partial charge on any atom is 0.303 e. The summed E-state index contributed by atoms with van der Waals surface area (Å²) in [6, 6.07) is 14.7. The Balaban J connectivity index is 0.000000914. The van der Waals surface area contributed by atoms with Crippen LogP contribution in [0.25, 0.3) is 28.2 Å². The molecule has 1 aromatic carbocycles. The highest BCUT2D eigenvalue weighted by Crippen LogP contribution is 2.30. The van der Waals surface area contributed by atoms with Crippen molar-refractivity contribution in [1.82, 2.24) is 19.5 Å². The predicted molar refractivity (Wildman–Crippen MR) is 131 cm³/mol. The molecule has 0 aliphatic rings. The number of hydrogen-bond donors (Lipinski definition) is 2. The largest absolute Gasteiger partial charge is 0.459 e. The van der Waals surface area contributed by atoms with Gasteiger partial charge in [0, 0.05) is 18.8 Å². The Morgan fingerprint density at radius 2 is 1.73 bits per heavy atom. The number of aromatic nitrogens is 4. The van der Waals surface area contributed by atoms with Crippen LogP contribution < -0.4 is 5.73 Å². The van der Waals surface area contributed by atoms with Crippen LogP contribution in [0.2, 0.25) is 0 Å². The van der Waals surface area contributed by atoms with Crippen molar-refractivity contribution in [3.8, 4) is 17.1 Å². The number of pyridine rings is 2. The molecule has 0 aliphatic carbocycles. The number of benzene rings is 1.